The summed E-state index contributed by atoms with van der Waals surface area (Å²) in [5.41, 5.74) is 2.15. The van der Waals surface area contributed by atoms with Gasteiger partial charge in [0.05, 0.1) is 4.88 Å². The first-order valence-corrected chi connectivity index (χ1v) is 9.13. The Balaban J connectivity index is 1.43. The van der Waals surface area contributed by atoms with Crippen LogP contribution >= 0.6 is 11.3 Å². The summed E-state index contributed by atoms with van der Waals surface area (Å²) in [6.45, 7) is 4.03. The van der Waals surface area contributed by atoms with E-state index in [0.29, 0.717) is 19.1 Å². The molecule has 1 amide bonds. The second kappa shape index (κ2) is 6.72. The molecule has 5 nitrogen and oxygen atoms in total. The zero-order valence-electron chi connectivity index (χ0n) is 13.9. The molecular formula is C19H19N3O2S. The van der Waals surface area contributed by atoms with Crippen molar-refractivity contribution in [1.29, 1.82) is 0 Å². The van der Waals surface area contributed by atoms with Gasteiger partial charge in [0, 0.05) is 41.5 Å². The fourth-order valence-electron chi connectivity index (χ4n) is 2.96. The summed E-state index contributed by atoms with van der Waals surface area (Å²) in [5, 5.41) is 7.23. The monoisotopic (exact) mass is 353 g/mol. The Morgan fingerprint density at radius 1 is 1.40 bits per heavy atom. The number of nitrogens with one attached hydrogen (secondary N) is 1. The molecule has 0 fully saturated rings. The summed E-state index contributed by atoms with van der Waals surface area (Å²) >= 11 is 1.53. The number of para-hydroxylation sites is 1. The molecule has 4 rings (SSSR count). The van der Waals surface area contributed by atoms with Gasteiger partial charge in [0.1, 0.15) is 12.4 Å². The normalized spacial score (nSPS) is 13.5. The number of nitrogens with zero attached hydrogens (tertiary/aromatic N) is 2. The maximum absolute atomic E-state index is 12.5. The van der Waals surface area contributed by atoms with Gasteiger partial charge in [0.25, 0.3) is 5.91 Å². The number of thiophene rings is 1. The van der Waals surface area contributed by atoms with E-state index in [1.54, 1.807) is 6.20 Å². The highest BCUT2D eigenvalue weighted by Gasteiger charge is 2.22. The van der Waals surface area contributed by atoms with Gasteiger partial charge >= 0.3 is 0 Å². The molecule has 1 N–H and O–H groups in total. The number of aromatic nitrogens is 2. The fraction of sp³-hybridized carbons (Fsp3) is 0.263. The zero-order valence-corrected chi connectivity index (χ0v) is 14.8. The molecule has 1 aliphatic rings. The van der Waals surface area contributed by atoms with Crippen molar-refractivity contribution >= 4 is 17.2 Å². The van der Waals surface area contributed by atoms with Crippen LogP contribution in [0.3, 0.4) is 0 Å². The summed E-state index contributed by atoms with van der Waals surface area (Å²) in [6.07, 6.45) is 3.70. The number of amides is 1. The summed E-state index contributed by atoms with van der Waals surface area (Å²) in [4.78, 5) is 14.4. The van der Waals surface area contributed by atoms with Crippen LogP contribution in [0, 0.1) is 5.92 Å². The van der Waals surface area contributed by atoms with Crippen molar-refractivity contribution in [3.05, 3.63) is 59.2 Å². The molecule has 2 aromatic heterocycles. The van der Waals surface area contributed by atoms with Crippen LogP contribution in [0.2, 0.25) is 0 Å². The molecule has 0 aliphatic carbocycles. The molecule has 0 saturated heterocycles. The number of hydrogen-bond donors (Lipinski definition) is 1. The molecule has 25 heavy (non-hydrogen) atoms. The Labute approximate surface area is 150 Å². The number of carbonyl (C=O) groups is 1. The van der Waals surface area contributed by atoms with E-state index in [0.717, 1.165) is 33.2 Å². The Morgan fingerprint density at radius 2 is 2.28 bits per heavy atom. The molecule has 1 aromatic carbocycles. The Bertz CT molecular complexity index is 886. The van der Waals surface area contributed by atoms with E-state index in [9.17, 15) is 4.79 Å². The van der Waals surface area contributed by atoms with E-state index >= 15 is 0 Å². The van der Waals surface area contributed by atoms with E-state index < -0.39 is 0 Å². The van der Waals surface area contributed by atoms with Crippen molar-refractivity contribution in [2.24, 2.45) is 5.92 Å². The van der Waals surface area contributed by atoms with Gasteiger partial charge < -0.3 is 10.1 Å². The summed E-state index contributed by atoms with van der Waals surface area (Å²) in [5.74, 6) is 1.17. The quantitative estimate of drug-likeness (QED) is 0.763. The minimum Gasteiger partial charge on any atom is -0.488 e. The third kappa shape index (κ3) is 3.30. The number of fused-ring (bicyclic) bond motifs is 3. The van der Waals surface area contributed by atoms with Gasteiger partial charge in [-0.05, 0) is 30.2 Å². The van der Waals surface area contributed by atoms with Crippen LogP contribution in [0.1, 0.15) is 22.2 Å². The molecular weight excluding hydrogens is 334 g/mol. The van der Waals surface area contributed by atoms with E-state index in [4.69, 9.17) is 4.74 Å². The Hall–Kier alpha value is -2.60. The lowest BCUT2D eigenvalue weighted by Crippen LogP contribution is -2.29. The summed E-state index contributed by atoms with van der Waals surface area (Å²) in [7, 11) is 0. The summed E-state index contributed by atoms with van der Waals surface area (Å²) in [6, 6.07) is 11.8. The number of rotatable bonds is 5. The van der Waals surface area contributed by atoms with E-state index in [2.05, 4.69) is 17.3 Å². The molecule has 0 bridgehead atoms. The maximum atomic E-state index is 12.5. The van der Waals surface area contributed by atoms with Crippen molar-refractivity contribution in [3.63, 3.8) is 0 Å². The molecule has 1 unspecified atom stereocenters. The SMILES string of the molecule is CC(CNC(=O)c1cc2c(s1)-c1ccccc1OC2)Cn1cccn1. The topological polar surface area (TPSA) is 56.1 Å². The molecule has 1 aliphatic heterocycles. The average molecular weight is 353 g/mol. The van der Waals surface area contributed by atoms with Crippen LogP contribution in [-0.2, 0) is 13.2 Å². The predicted molar refractivity (Wildman–Crippen MR) is 97.8 cm³/mol. The standard InChI is InChI=1S/C19H19N3O2S/c1-13(11-22-8-4-7-21-22)10-20-19(23)17-9-14-12-24-16-6-3-2-5-15(16)18(14)25-17/h2-9,13H,10-12H2,1H3,(H,20,23). The third-order valence-corrected chi connectivity index (χ3v) is 5.43. The van der Waals surface area contributed by atoms with E-state index in [-0.39, 0.29) is 5.91 Å². The first kappa shape index (κ1) is 15.9. The number of carbonyl (C=O) groups excluding carboxylic acids is 1. The van der Waals surface area contributed by atoms with Gasteiger partial charge in [-0.1, -0.05) is 19.1 Å². The molecule has 128 valence electrons. The summed E-state index contributed by atoms with van der Waals surface area (Å²) < 4.78 is 7.65. The molecule has 3 aromatic rings. The number of benzene rings is 1. The molecule has 3 heterocycles. The zero-order chi connectivity index (χ0) is 17.2. The van der Waals surface area contributed by atoms with Crippen molar-refractivity contribution < 1.29 is 9.53 Å². The molecule has 0 saturated carbocycles. The van der Waals surface area contributed by atoms with E-state index in [1.807, 2.05) is 47.3 Å². The van der Waals surface area contributed by atoms with Crippen molar-refractivity contribution in [2.45, 2.75) is 20.1 Å². The number of ether oxygens (including phenoxy) is 1. The highest BCUT2D eigenvalue weighted by molar-refractivity contribution is 7.17. The molecule has 1 atom stereocenters. The second-order valence-electron chi connectivity index (χ2n) is 6.29. The van der Waals surface area contributed by atoms with Crippen LogP contribution in [0.4, 0.5) is 0 Å². The van der Waals surface area contributed by atoms with Gasteiger partial charge in [-0.3, -0.25) is 9.48 Å². The van der Waals surface area contributed by atoms with Crippen molar-refractivity contribution in [3.8, 4) is 16.2 Å². The predicted octanol–water partition coefficient (Wildman–Crippen LogP) is 3.57. The van der Waals surface area contributed by atoms with Crippen molar-refractivity contribution in [2.75, 3.05) is 6.54 Å². The first-order chi connectivity index (χ1) is 12.2. The van der Waals surface area contributed by atoms with Gasteiger partial charge in [-0.15, -0.1) is 11.3 Å². The van der Waals surface area contributed by atoms with Crippen LogP contribution in [0.5, 0.6) is 5.75 Å². The lowest BCUT2D eigenvalue weighted by Gasteiger charge is -2.16. The minimum atomic E-state index is -0.0239. The smallest absolute Gasteiger partial charge is 0.261 e. The maximum Gasteiger partial charge on any atom is 0.261 e. The van der Waals surface area contributed by atoms with Gasteiger partial charge in [-0.25, -0.2) is 0 Å². The van der Waals surface area contributed by atoms with Crippen LogP contribution in [0.25, 0.3) is 10.4 Å². The molecule has 6 heteroatoms. The molecule has 0 radical (unpaired) electrons. The van der Waals surface area contributed by atoms with Crippen LogP contribution in [0.15, 0.2) is 48.8 Å². The minimum absolute atomic E-state index is 0.0239. The number of hydrogen-bond acceptors (Lipinski definition) is 4. The van der Waals surface area contributed by atoms with Crippen molar-refractivity contribution in [1.82, 2.24) is 15.1 Å². The largest absolute Gasteiger partial charge is 0.488 e. The first-order valence-electron chi connectivity index (χ1n) is 8.31. The van der Waals surface area contributed by atoms with E-state index in [1.165, 1.54) is 11.3 Å². The average Bonchev–Trinajstić information content (AvgIpc) is 3.29. The lowest BCUT2D eigenvalue weighted by molar-refractivity contribution is 0.0950. The van der Waals surface area contributed by atoms with Gasteiger partial charge in [-0.2, -0.15) is 5.10 Å². The Morgan fingerprint density at radius 3 is 3.12 bits per heavy atom. The highest BCUT2D eigenvalue weighted by Crippen LogP contribution is 2.42. The van der Waals surface area contributed by atoms with Gasteiger partial charge in [0.15, 0.2) is 0 Å². The van der Waals surface area contributed by atoms with Crippen LogP contribution in [-0.4, -0.2) is 22.2 Å². The van der Waals surface area contributed by atoms with Crippen LogP contribution < -0.4 is 10.1 Å². The molecule has 0 spiro atoms. The highest BCUT2D eigenvalue weighted by atomic mass is 32.1. The third-order valence-electron chi connectivity index (χ3n) is 4.22. The Kier molecular flexibility index (Phi) is 4.28. The second-order valence-corrected chi connectivity index (χ2v) is 7.35. The fourth-order valence-corrected chi connectivity index (χ4v) is 4.07. The van der Waals surface area contributed by atoms with Gasteiger partial charge in [0.2, 0.25) is 0 Å². The lowest BCUT2D eigenvalue weighted by atomic mass is 10.1.